The minimum Gasteiger partial charge on any atom is -0.322 e. The second-order valence-corrected chi connectivity index (χ2v) is 8.74. The molecule has 0 spiro atoms. The van der Waals surface area contributed by atoms with Crippen molar-refractivity contribution in [3.8, 4) is 5.69 Å². The molecule has 0 aliphatic rings. The summed E-state index contributed by atoms with van der Waals surface area (Å²) in [5.74, 6) is -0.219. The second-order valence-electron chi connectivity index (χ2n) is 8.74. The van der Waals surface area contributed by atoms with E-state index in [0.29, 0.717) is 40.2 Å². The summed E-state index contributed by atoms with van der Waals surface area (Å²) in [7, 11) is 0. The van der Waals surface area contributed by atoms with Crippen molar-refractivity contribution in [2.45, 2.75) is 6.42 Å². The van der Waals surface area contributed by atoms with Crippen LogP contribution in [0.3, 0.4) is 0 Å². The van der Waals surface area contributed by atoms with Crippen molar-refractivity contribution in [3.05, 3.63) is 143 Å². The number of nitrogens with one attached hydrogen (secondary N) is 1. The predicted octanol–water partition coefficient (Wildman–Crippen LogP) is 5.78. The molecule has 2 heterocycles. The van der Waals surface area contributed by atoms with E-state index in [0.717, 1.165) is 16.3 Å². The minimum absolute atomic E-state index is 0.219. The third kappa shape index (κ3) is 4.36. The van der Waals surface area contributed by atoms with Gasteiger partial charge in [-0.25, -0.2) is 9.97 Å². The van der Waals surface area contributed by atoms with Crippen LogP contribution in [-0.2, 0) is 6.42 Å². The number of nitrogens with zero attached hydrogens (tertiary/aromatic N) is 3. The van der Waals surface area contributed by atoms with Crippen LogP contribution < -0.4 is 10.9 Å². The maximum absolute atomic E-state index is 13.7. The van der Waals surface area contributed by atoms with Crippen LogP contribution in [0, 0.1) is 0 Å². The zero-order valence-corrected chi connectivity index (χ0v) is 19.8. The van der Waals surface area contributed by atoms with Gasteiger partial charge >= 0.3 is 0 Å². The number of carbonyl (C=O) groups excluding carboxylic acids is 1. The first-order valence-corrected chi connectivity index (χ1v) is 12.0. The highest BCUT2D eigenvalue weighted by Crippen LogP contribution is 2.22. The molecule has 2 aromatic heterocycles. The number of rotatable bonds is 5. The highest BCUT2D eigenvalue weighted by atomic mass is 16.1. The lowest BCUT2D eigenvalue weighted by molar-refractivity contribution is 0.102. The largest absolute Gasteiger partial charge is 0.322 e. The Kier molecular flexibility index (Phi) is 5.75. The van der Waals surface area contributed by atoms with E-state index < -0.39 is 0 Å². The molecule has 0 unspecified atom stereocenters. The number of fused-ring (bicyclic) bond motifs is 2. The summed E-state index contributed by atoms with van der Waals surface area (Å²) in [4.78, 5) is 36.0. The number of anilines is 1. The molecule has 6 nitrogen and oxygen atoms in total. The molecule has 1 amide bonds. The molecule has 6 rings (SSSR count). The predicted molar refractivity (Wildman–Crippen MR) is 146 cm³/mol. The first-order valence-electron chi connectivity index (χ1n) is 12.0. The van der Waals surface area contributed by atoms with Crippen molar-refractivity contribution in [3.63, 3.8) is 0 Å². The van der Waals surface area contributed by atoms with E-state index in [9.17, 15) is 9.59 Å². The van der Waals surface area contributed by atoms with Crippen molar-refractivity contribution in [2.75, 3.05) is 5.32 Å². The average Bonchev–Trinajstić information content (AvgIpc) is 2.94. The third-order valence-corrected chi connectivity index (χ3v) is 6.29. The molecule has 178 valence electrons. The highest BCUT2D eigenvalue weighted by molar-refractivity contribution is 6.13. The molecule has 0 saturated carbocycles. The Morgan fingerprint density at radius 2 is 1.59 bits per heavy atom. The fourth-order valence-corrected chi connectivity index (χ4v) is 4.55. The van der Waals surface area contributed by atoms with Gasteiger partial charge in [-0.1, -0.05) is 72.8 Å². The molecule has 6 aromatic rings. The Bertz CT molecular complexity index is 1820. The van der Waals surface area contributed by atoms with Crippen molar-refractivity contribution in [2.24, 2.45) is 0 Å². The number of aromatic nitrogens is 3. The molecular formula is C31H22N4O2. The van der Waals surface area contributed by atoms with Crippen molar-refractivity contribution in [1.29, 1.82) is 0 Å². The summed E-state index contributed by atoms with van der Waals surface area (Å²) in [6.45, 7) is 0. The van der Waals surface area contributed by atoms with Gasteiger partial charge in [-0.2, -0.15) is 0 Å². The number of amides is 1. The Labute approximate surface area is 212 Å². The summed E-state index contributed by atoms with van der Waals surface area (Å²) in [6.07, 6.45) is 2.05. The summed E-state index contributed by atoms with van der Waals surface area (Å²) in [5.41, 5.74) is 4.03. The van der Waals surface area contributed by atoms with Crippen molar-refractivity contribution >= 4 is 33.5 Å². The van der Waals surface area contributed by atoms with Gasteiger partial charge in [-0.3, -0.25) is 14.2 Å². The van der Waals surface area contributed by atoms with Gasteiger partial charge in [-0.15, -0.1) is 0 Å². The highest BCUT2D eigenvalue weighted by Gasteiger charge is 2.15. The van der Waals surface area contributed by atoms with Crippen molar-refractivity contribution in [1.82, 2.24) is 14.5 Å². The molecule has 0 saturated heterocycles. The first kappa shape index (κ1) is 22.4. The van der Waals surface area contributed by atoms with Crippen LogP contribution in [0.2, 0.25) is 0 Å². The van der Waals surface area contributed by atoms with Crippen molar-refractivity contribution < 1.29 is 4.79 Å². The Morgan fingerprint density at radius 1 is 0.811 bits per heavy atom. The maximum Gasteiger partial charge on any atom is 0.278 e. The van der Waals surface area contributed by atoms with Crippen LogP contribution in [0.15, 0.2) is 120 Å². The van der Waals surface area contributed by atoms with Crippen LogP contribution in [0.25, 0.3) is 27.6 Å². The summed E-state index contributed by atoms with van der Waals surface area (Å²) in [5, 5.41) is 4.87. The number of hydrogen-bond donors (Lipinski definition) is 1. The average molecular weight is 483 g/mol. The van der Waals surface area contributed by atoms with Gasteiger partial charge in [0.2, 0.25) is 0 Å². The monoisotopic (exact) mass is 482 g/mol. The van der Waals surface area contributed by atoms with E-state index in [4.69, 9.17) is 0 Å². The van der Waals surface area contributed by atoms with E-state index in [2.05, 4.69) is 15.3 Å². The molecule has 0 aliphatic carbocycles. The standard InChI is InChI=1S/C31H22N4O2/c36-30(26-16-6-12-22-11-4-5-15-25(22)26)33-23-13-7-14-24(20-23)35-29-27(17-8-18-32-29)34-28(31(35)37)19-21-9-2-1-3-10-21/h1-18,20H,19H2,(H,33,36). The minimum atomic E-state index is -0.243. The van der Waals surface area contributed by atoms with E-state index in [1.54, 1.807) is 29.0 Å². The summed E-state index contributed by atoms with van der Waals surface area (Å²) < 4.78 is 1.56. The molecule has 0 aliphatic heterocycles. The molecule has 0 radical (unpaired) electrons. The van der Waals surface area contributed by atoms with Gasteiger partial charge in [0.25, 0.3) is 11.5 Å². The topological polar surface area (TPSA) is 76.9 Å². The normalized spacial score (nSPS) is 11.0. The van der Waals surface area contributed by atoms with E-state index in [1.807, 2.05) is 91.0 Å². The van der Waals surface area contributed by atoms with Crippen LogP contribution in [0.1, 0.15) is 21.6 Å². The Balaban J connectivity index is 1.41. The third-order valence-electron chi connectivity index (χ3n) is 6.29. The fourth-order valence-electron chi connectivity index (χ4n) is 4.55. The Morgan fingerprint density at radius 3 is 2.49 bits per heavy atom. The van der Waals surface area contributed by atoms with Crippen LogP contribution in [-0.4, -0.2) is 20.4 Å². The summed E-state index contributed by atoms with van der Waals surface area (Å²) in [6, 6.07) is 34.1. The smallest absolute Gasteiger partial charge is 0.278 e. The lowest BCUT2D eigenvalue weighted by Crippen LogP contribution is -2.25. The lowest BCUT2D eigenvalue weighted by Gasteiger charge is -2.13. The van der Waals surface area contributed by atoms with E-state index in [-0.39, 0.29) is 11.5 Å². The number of pyridine rings is 1. The quantitative estimate of drug-likeness (QED) is 0.338. The van der Waals surface area contributed by atoms with E-state index in [1.165, 1.54) is 0 Å². The second kappa shape index (κ2) is 9.51. The molecule has 37 heavy (non-hydrogen) atoms. The zero-order valence-electron chi connectivity index (χ0n) is 19.8. The maximum atomic E-state index is 13.7. The molecule has 0 atom stereocenters. The van der Waals surface area contributed by atoms with Gasteiger partial charge in [0.1, 0.15) is 11.2 Å². The van der Waals surface area contributed by atoms with Gasteiger partial charge < -0.3 is 5.32 Å². The zero-order chi connectivity index (χ0) is 25.2. The SMILES string of the molecule is O=C(Nc1cccc(-n2c(=O)c(Cc3ccccc3)nc3cccnc32)c1)c1cccc2ccccc12. The molecular weight excluding hydrogens is 460 g/mol. The molecule has 4 aromatic carbocycles. The fraction of sp³-hybridized carbons (Fsp3) is 0.0323. The molecule has 1 N–H and O–H groups in total. The van der Waals surface area contributed by atoms with Crippen LogP contribution >= 0.6 is 0 Å². The molecule has 0 fully saturated rings. The number of benzene rings is 4. The van der Waals surface area contributed by atoms with Gasteiger partial charge in [0.15, 0.2) is 5.65 Å². The molecule has 0 bridgehead atoms. The first-order chi connectivity index (χ1) is 18.2. The van der Waals surface area contributed by atoms with Gasteiger partial charge in [0.05, 0.1) is 5.69 Å². The van der Waals surface area contributed by atoms with Gasteiger partial charge in [-0.05, 0) is 52.7 Å². The number of hydrogen-bond acceptors (Lipinski definition) is 4. The lowest BCUT2D eigenvalue weighted by atomic mass is 10.0. The van der Waals surface area contributed by atoms with Crippen LogP contribution in [0.4, 0.5) is 5.69 Å². The van der Waals surface area contributed by atoms with E-state index >= 15 is 0 Å². The summed E-state index contributed by atoms with van der Waals surface area (Å²) >= 11 is 0. The Hall–Kier alpha value is -5.10. The molecule has 6 heteroatoms. The number of carbonyl (C=O) groups is 1. The van der Waals surface area contributed by atoms with Gasteiger partial charge in [0, 0.05) is 23.9 Å². The van der Waals surface area contributed by atoms with Crippen LogP contribution in [0.5, 0.6) is 0 Å².